The van der Waals surface area contributed by atoms with Crippen LogP contribution in [0.4, 0.5) is 11.6 Å². The molecule has 2 rings (SSSR count). The first-order valence-electron chi connectivity index (χ1n) is 7.71. The SMILES string of the molecule is CCc1nc(NC)cc(N(CCO)C2CCCCC2)n1. The Morgan fingerprint density at radius 2 is 2.05 bits per heavy atom. The van der Waals surface area contributed by atoms with Crippen LogP contribution in [0.3, 0.4) is 0 Å². The maximum absolute atomic E-state index is 9.38. The highest BCUT2D eigenvalue weighted by Gasteiger charge is 2.22. The van der Waals surface area contributed by atoms with Crippen molar-refractivity contribution < 1.29 is 5.11 Å². The number of hydrogen-bond donors (Lipinski definition) is 2. The van der Waals surface area contributed by atoms with Gasteiger partial charge in [0.15, 0.2) is 0 Å². The highest BCUT2D eigenvalue weighted by molar-refractivity contribution is 5.50. The molecule has 0 spiro atoms. The summed E-state index contributed by atoms with van der Waals surface area (Å²) in [5.74, 6) is 2.65. The summed E-state index contributed by atoms with van der Waals surface area (Å²) < 4.78 is 0. The second-order valence-electron chi connectivity index (χ2n) is 5.34. The van der Waals surface area contributed by atoms with Crippen LogP contribution >= 0.6 is 0 Å². The second kappa shape index (κ2) is 7.43. The molecule has 0 radical (unpaired) electrons. The van der Waals surface area contributed by atoms with Crippen molar-refractivity contribution in [3.8, 4) is 0 Å². The van der Waals surface area contributed by atoms with Gasteiger partial charge in [-0.15, -0.1) is 0 Å². The van der Waals surface area contributed by atoms with Crippen LogP contribution in [-0.2, 0) is 6.42 Å². The molecule has 0 amide bonds. The minimum absolute atomic E-state index is 0.164. The van der Waals surface area contributed by atoms with Crippen molar-refractivity contribution in [3.63, 3.8) is 0 Å². The summed E-state index contributed by atoms with van der Waals surface area (Å²) in [6.45, 7) is 2.88. The lowest BCUT2D eigenvalue weighted by Gasteiger charge is -2.35. The van der Waals surface area contributed by atoms with E-state index in [0.29, 0.717) is 12.6 Å². The minimum atomic E-state index is 0.164. The summed E-state index contributed by atoms with van der Waals surface area (Å²) in [4.78, 5) is 11.4. The van der Waals surface area contributed by atoms with E-state index in [0.717, 1.165) is 23.9 Å². The molecule has 1 aliphatic rings. The Bertz CT molecular complexity index is 396. The van der Waals surface area contributed by atoms with Gasteiger partial charge in [0.05, 0.1) is 6.61 Å². The monoisotopic (exact) mass is 278 g/mol. The molecule has 1 heterocycles. The number of hydrogen-bond acceptors (Lipinski definition) is 5. The molecule has 0 aliphatic heterocycles. The second-order valence-corrected chi connectivity index (χ2v) is 5.34. The molecule has 0 unspecified atom stereocenters. The van der Waals surface area contributed by atoms with Crippen LogP contribution in [-0.4, -0.2) is 41.3 Å². The van der Waals surface area contributed by atoms with Gasteiger partial charge in [0.1, 0.15) is 17.5 Å². The molecule has 1 aromatic rings. The van der Waals surface area contributed by atoms with Gasteiger partial charge in [0.25, 0.3) is 0 Å². The van der Waals surface area contributed by atoms with Crippen molar-refractivity contribution in [2.75, 3.05) is 30.4 Å². The largest absolute Gasteiger partial charge is 0.395 e. The van der Waals surface area contributed by atoms with Crippen molar-refractivity contribution >= 4 is 11.6 Å². The van der Waals surface area contributed by atoms with E-state index in [-0.39, 0.29) is 6.61 Å². The fourth-order valence-corrected chi connectivity index (χ4v) is 2.90. The number of anilines is 2. The number of aromatic nitrogens is 2. The predicted octanol–water partition coefficient (Wildman–Crippen LogP) is 2.21. The first kappa shape index (κ1) is 15.0. The van der Waals surface area contributed by atoms with Gasteiger partial charge in [-0.3, -0.25) is 0 Å². The number of nitrogens with one attached hydrogen (secondary N) is 1. The van der Waals surface area contributed by atoms with E-state index in [1.165, 1.54) is 32.1 Å². The predicted molar refractivity (Wildman–Crippen MR) is 82.3 cm³/mol. The Morgan fingerprint density at radius 1 is 1.30 bits per heavy atom. The van der Waals surface area contributed by atoms with Crippen LogP contribution in [0.5, 0.6) is 0 Å². The summed E-state index contributed by atoms with van der Waals surface area (Å²) in [6, 6.07) is 2.49. The van der Waals surface area contributed by atoms with Crippen LogP contribution < -0.4 is 10.2 Å². The number of aliphatic hydroxyl groups excluding tert-OH is 1. The molecule has 0 saturated heterocycles. The van der Waals surface area contributed by atoms with Gasteiger partial charge in [-0.05, 0) is 12.8 Å². The molecule has 20 heavy (non-hydrogen) atoms. The van der Waals surface area contributed by atoms with E-state index in [4.69, 9.17) is 0 Å². The Balaban J connectivity index is 2.27. The molecule has 1 saturated carbocycles. The molecule has 0 atom stereocenters. The molecule has 112 valence electrons. The summed E-state index contributed by atoms with van der Waals surface area (Å²) in [7, 11) is 1.88. The number of nitrogens with zero attached hydrogens (tertiary/aromatic N) is 3. The van der Waals surface area contributed by atoms with Crippen LogP contribution in [0, 0.1) is 0 Å². The van der Waals surface area contributed by atoms with Crippen LogP contribution in [0.15, 0.2) is 6.07 Å². The van der Waals surface area contributed by atoms with Gasteiger partial charge in [-0.1, -0.05) is 26.2 Å². The zero-order valence-electron chi connectivity index (χ0n) is 12.6. The first-order chi connectivity index (χ1) is 9.78. The fourth-order valence-electron chi connectivity index (χ4n) is 2.90. The normalized spacial score (nSPS) is 16.1. The smallest absolute Gasteiger partial charge is 0.134 e. The lowest BCUT2D eigenvalue weighted by Crippen LogP contribution is -2.39. The van der Waals surface area contributed by atoms with Gasteiger partial charge in [0, 0.05) is 32.1 Å². The molecule has 1 fully saturated rings. The maximum Gasteiger partial charge on any atom is 0.134 e. The molecule has 5 nitrogen and oxygen atoms in total. The minimum Gasteiger partial charge on any atom is -0.395 e. The molecule has 5 heteroatoms. The van der Waals surface area contributed by atoms with Gasteiger partial charge < -0.3 is 15.3 Å². The standard InChI is InChI=1S/C15H26N4O/c1-3-13-17-14(16-2)11-15(18-13)19(9-10-20)12-7-5-4-6-8-12/h11-12,20H,3-10H2,1-2H3,(H,16,17,18). The lowest BCUT2D eigenvalue weighted by molar-refractivity contribution is 0.289. The molecule has 1 aliphatic carbocycles. The number of aryl methyl sites for hydroxylation is 1. The zero-order valence-corrected chi connectivity index (χ0v) is 12.6. The molecule has 2 N–H and O–H groups in total. The summed E-state index contributed by atoms with van der Waals surface area (Å²) in [5, 5.41) is 12.5. The third-order valence-electron chi connectivity index (χ3n) is 3.98. The zero-order chi connectivity index (χ0) is 14.4. The van der Waals surface area contributed by atoms with E-state index in [9.17, 15) is 5.11 Å². The molecular weight excluding hydrogens is 252 g/mol. The quantitative estimate of drug-likeness (QED) is 0.835. The van der Waals surface area contributed by atoms with Crippen molar-refractivity contribution in [2.45, 2.75) is 51.5 Å². The highest BCUT2D eigenvalue weighted by Crippen LogP contribution is 2.27. The van der Waals surface area contributed by atoms with E-state index >= 15 is 0 Å². The van der Waals surface area contributed by atoms with Crippen molar-refractivity contribution in [3.05, 3.63) is 11.9 Å². The first-order valence-corrected chi connectivity index (χ1v) is 7.71. The van der Waals surface area contributed by atoms with Gasteiger partial charge >= 0.3 is 0 Å². The Kier molecular flexibility index (Phi) is 5.59. The van der Waals surface area contributed by atoms with Crippen LogP contribution in [0.2, 0.25) is 0 Å². The average molecular weight is 278 g/mol. The third-order valence-corrected chi connectivity index (χ3v) is 3.98. The van der Waals surface area contributed by atoms with Gasteiger partial charge in [-0.25, -0.2) is 9.97 Å². The van der Waals surface area contributed by atoms with Gasteiger partial charge in [0.2, 0.25) is 0 Å². The fraction of sp³-hybridized carbons (Fsp3) is 0.733. The topological polar surface area (TPSA) is 61.3 Å². The maximum atomic E-state index is 9.38. The van der Waals surface area contributed by atoms with Gasteiger partial charge in [-0.2, -0.15) is 0 Å². The Labute approximate surface area is 121 Å². The molecular formula is C15H26N4O. The molecule has 0 aromatic carbocycles. The summed E-state index contributed by atoms with van der Waals surface area (Å²) >= 11 is 0. The van der Waals surface area contributed by atoms with Crippen molar-refractivity contribution in [1.82, 2.24) is 9.97 Å². The summed E-state index contributed by atoms with van der Waals surface area (Å²) in [6.07, 6.45) is 7.09. The highest BCUT2D eigenvalue weighted by atomic mass is 16.3. The van der Waals surface area contributed by atoms with Crippen molar-refractivity contribution in [2.24, 2.45) is 0 Å². The number of rotatable bonds is 6. The van der Waals surface area contributed by atoms with E-state index in [2.05, 4.69) is 27.1 Å². The third kappa shape index (κ3) is 3.60. The molecule has 1 aromatic heterocycles. The lowest BCUT2D eigenvalue weighted by atomic mass is 9.94. The average Bonchev–Trinajstić information content (AvgIpc) is 2.52. The van der Waals surface area contributed by atoms with Crippen LogP contribution in [0.25, 0.3) is 0 Å². The van der Waals surface area contributed by atoms with Crippen molar-refractivity contribution in [1.29, 1.82) is 0 Å². The number of aliphatic hydroxyl groups is 1. The van der Waals surface area contributed by atoms with Crippen LogP contribution in [0.1, 0.15) is 44.9 Å². The Morgan fingerprint density at radius 3 is 2.65 bits per heavy atom. The summed E-state index contributed by atoms with van der Waals surface area (Å²) in [5.41, 5.74) is 0. The van der Waals surface area contributed by atoms with E-state index in [1.54, 1.807) is 0 Å². The Hall–Kier alpha value is -1.36. The van der Waals surface area contributed by atoms with E-state index < -0.39 is 0 Å². The van der Waals surface area contributed by atoms with E-state index in [1.807, 2.05) is 13.1 Å². The molecule has 0 bridgehead atoms.